The smallest absolute Gasteiger partial charge is 0.227 e. The Morgan fingerprint density at radius 2 is 1.95 bits per heavy atom. The zero-order valence-corrected chi connectivity index (χ0v) is 12.7. The van der Waals surface area contributed by atoms with Crippen molar-refractivity contribution in [1.82, 2.24) is 0 Å². The molecular weight excluding hydrogens is 275 g/mol. The van der Waals surface area contributed by atoms with Gasteiger partial charge in [-0.25, -0.2) is 4.39 Å². The second kappa shape index (κ2) is 7.94. The SMILES string of the molecule is CCCC(CCC)C(=O)Nc1ccc(F)cc1C(N)=S. The van der Waals surface area contributed by atoms with Gasteiger partial charge in [-0.3, -0.25) is 4.79 Å². The normalized spacial score (nSPS) is 10.6. The van der Waals surface area contributed by atoms with Crippen molar-refractivity contribution >= 4 is 28.8 Å². The number of anilines is 1. The van der Waals surface area contributed by atoms with Gasteiger partial charge in [0.2, 0.25) is 5.91 Å². The molecule has 0 saturated carbocycles. The molecule has 1 rings (SSSR count). The van der Waals surface area contributed by atoms with Crippen molar-refractivity contribution in [2.24, 2.45) is 11.7 Å². The van der Waals surface area contributed by atoms with Crippen molar-refractivity contribution in [3.63, 3.8) is 0 Å². The molecule has 0 aliphatic heterocycles. The van der Waals surface area contributed by atoms with Crippen LogP contribution in [0.1, 0.15) is 45.1 Å². The van der Waals surface area contributed by atoms with E-state index in [0.717, 1.165) is 25.7 Å². The minimum absolute atomic E-state index is 0.0331. The molecule has 0 saturated heterocycles. The molecule has 0 spiro atoms. The number of thiocarbonyl (C=S) groups is 1. The molecular formula is C15H21FN2OS. The maximum absolute atomic E-state index is 13.2. The molecule has 0 radical (unpaired) electrons. The van der Waals surface area contributed by atoms with Gasteiger partial charge in [0.15, 0.2) is 0 Å². The number of nitrogens with two attached hydrogens (primary N) is 1. The molecule has 110 valence electrons. The standard InChI is InChI=1S/C15H21FN2OS/c1-3-5-10(6-4-2)15(19)18-13-8-7-11(16)9-12(13)14(17)20/h7-10H,3-6H2,1-2H3,(H2,17,20)(H,18,19). The summed E-state index contributed by atoms with van der Waals surface area (Å²) in [6.45, 7) is 4.10. The molecule has 20 heavy (non-hydrogen) atoms. The third-order valence-corrected chi connectivity index (χ3v) is 3.37. The number of amides is 1. The first-order valence-electron chi connectivity index (χ1n) is 6.89. The Kier molecular flexibility index (Phi) is 6.58. The third kappa shape index (κ3) is 4.56. The number of halogens is 1. The van der Waals surface area contributed by atoms with Crippen LogP contribution in [0, 0.1) is 11.7 Å². The van der Waals surface area contributed by atoms with Gasteiger partial charge >= 0.3 is 0 Å². The molecule has 0 aromatic heterocycles. The van der Waals surface area contributed by atoms with Crippen LogP contribution < -0.4 is 11.1 Å². The summed E-state index contributed by atoms with van der Waals surface area (Å²) in [4.78, 5) is 12.3. The van der Waals surface area contributed by atoms with Crippen LogP contribution in [-0.2, 0) is 4.79 Å². The molecule has 1 amide bonds. The van der Waals surface area contributed by atoms with E-state index < -0.39 is 5.82 Å². The average Bonchev–Trinajstić information content (AvgIpc) is 2.40. The van der Waals surface area contributed by atoms with Crippen LogP contribution in [0.3, 0.4) is 0 Å². The van der Waals surface area contributed by atoms with E-state index in [0.29, 0.717) is 11.3 Å². The van der Waals surface area contributed by atoms with Gasteiger partial charge in [0, 0.05) is 11.5 Å². The van der Waals surface area contributed by atoms with Gasteiger partial charge < -0.3 is 11.1 Å². The van der Waals surface area contributed by atoms with Crippen molar-refractivity contribution < 1.29 is 9.18 Å². The van der Waals surface area contributed by atoms with Crippen LogP contribution in [0.2, 0.25) is 0 Å². The molecule has 5 heteroatoms. The Labute approximate surface area is 124 Å². The van der Waals surface area contributed by atoms with Crippen LogP contribution in [0.25, 0.3) is 0 Å². The predicted octanol–water partition coefficient (Wildman–Crippen LogP) is 3.61. The van der Waals surface area contributed by atoms with E-state index in [9.17, 15) is 9.18 Å². The summed E-state index contributed by atoms with van der Waals surface area (Å²) >= 11 is 4.89. The van der Waals surface area contributed by atoms with E-state index in [1.54, 1.807) is 0 Å². The highest BCUT2D eigenvalue weighted by molar-refractivity contribution is 7.80. The van der Waals surface area contributed by atoms with E-state index in [1.807, 2.05) is 13.8 Å². The molecule has 3 N–H and O–H groups in total. The Bertz CT molecular complexity index is 485. The number of nitrogens with one attached hydrogen (secondary N) is 1. The van der Waals surface area contributed by atoms with Gasteiger partial charge in [-0.15, -0.1) is 0 Å². The summed E-state index contributed by atoms with van der Waals surface area (Å²) in [6.07, 6.45) is 3.57. The van der Waals surface area contributed by atoms with E-state index >= 15 is 0 Å². The number of benzene rings is 1. The Balaban J connectivity index is 2.91. The summed E-state index contributed by atoms with van der Waals surface area (Å²) in [6, 6.07) is 4.02. The molecule has 1 aromatic rings. The van der Waals surface area contributed by atoms with Crippen LogP contribution in [0.15, 0.2) is 18.2 Å². The molecule has 0 aliphatic carbocycles. The lowest BCUT2D eigenvalue weighted by molar-refractivity contribution is -0.120. The lowest BCUT2D eigenvalue weighted by Gasteiger charge is -2.17. The average molecular weight is 296 g/mol. The van der Waals surface area contributed by atoms with Gasteiger partial charge in [-0.2, -0.15) is 0 Å². The maximum Gasteiger partial charge on any atom is 0.227 e. The Morgan fingerprint density at radius 3 is 2.45 bits per heavy atom. The van der Waals surface area contributed by atoms with Gasteiger partial charge in [0.05, 0.1) is 5.69 Å². The van der Waals surface area contributed by atoms with Crippen LogP contribution >= 0.6 is 12.2 Å². The highest BCUT2D eigenvalue weighted by atomic mass is 32.1. The first-order valence-corrected chi connectivity index (χ1v) is 7.30. The molecule has 0 heterocycles. The molecule has 3 nitrogen and oxygen atoms in total. The summed E-state index contributed by atoms with van der Waals surface area (Å²) < 4.78 is 13.2. The summed E-state index contributed by atoms with van der Waals surface area (Å²) in [5, 5.41) is 2.82. The second-order valence-corrected chi connectivity index (χ2v) is 5.26. The first kappa shape index (κ1) is 16.6. The molecule has 0 bridgehead atoms. The quantitative estimate of drug-likeness (QED) is 0.756. The van der Waals surface area contributed by atoms with E-state index in [4.69, 9.17) is 18.0 Å². The minimum Gasteiger partial charge on any atom is -0.389 e. The summed E-state index contributed by atoms with van der Waals surface area (Å²) in [7, 11) is 0. The van der Waals surface area contributed by atoms with Crippen LogP contribution in [0.4, 0.5) is 10.1 Å². The van der Waals surface area contributed by atoms with Crippen molar-refractivity contribution in [3.8, 4) is 0 Å². The lowest BCUT2D eigenvalue weighted by atomic mass is 9.97. The van der Waals surface area contributed by atoms with Gasteiger partial charge in [-0.1, -0.05) is 38.9 Å². The van der Waals surface area contributed by atoms with Crippen molar-refractivity contribution in [2.75, 3.05) is 5.32 Å². The number of carbonyl (C=O) groups excluding carboxylic acids is 1. The third-order valence-electron chi connectivity index (χ3n) is 3.15. The Morgan fingerprint density at radius 1 is 1.35 bits per heavy atom. The molecule has 0 fully saturated rings. The number of hydrogen-bond acceptors (Lipinski definition) is 2. The van der Waals surface area contributed by atoms with Gasteiger partial charge in [0.1, 0.15) is 10.8 Å². The largest absolute Gasteiger partial charge is 0.389 e. The highest BCUT2D eigenvalue weighted by Crippen LogP contribution is 2.21. The zero-order valence-electron chi connectivity index (χ0n) is 11.9. The van der Waals surface area contributed by atoms with E-state index in [2.05, 4.69) is 5.32 Å². The predicted molar refractivity (Wildman–Crippen MR) is 84.2 cm³/mol. The number of hydrogen-bond donors (Lipinski definition) is 2. The van der Waals surface area contributed by atoms with Crippen molar-refractivity contribution in [3.05, 3.63) is 29.6 Å². The Hall–Kier alpha value is -1.49. The first-order chi connectivity index (χ1) is 9.49. The molecule has 0 unspecified atom stereocenters. The molecule has 0 atom stereocenters. The van der Waals surface area contributed by atoms with Crippen molar-refractivity contribution in [1.29, 1.82) is 0 Å². The van der Waals surface area contributed by atoms with Gasteiger partial charge in [0.25, 0.3) is 0 Å². The summed E-state index contributed by atoms with van der Waals surface area (Å²) in [5.74, 6) is -0.517. The van der Waals surface area contributed by atoms with E-state index in [-0.39, 0.29) is 16.8 Å². The van der Waals surface area contributed by atoms with Gasteiger partial charge in [-0.05, 0) is 31.0 Å². The fraction of sp³-hybridized carbons (Fsp3) is 0.467. The topological polar surface area (TPSA) is 55.1 Å². The second-order valence-electron chi connectivity index (χ2n) is 4.82. The number of carbonyl (C=O) groups is 1. The van der Waals surface area contributed by atoms with E-state index in [1.165, 1.54) is 18.2 Å². The van der Waals surface area contributed by atoms with Crippen LogP contribution in [-0.4, -0.2) is 10.9 Å². The zero-order chi connectivity index (χ0) is 15.1. The number of rotatable bonds is 7. The molecule has 1 aromatic carbocycles. The monoisotopic (exact) mass is 296 g/mol. The molecule has 0 aliphatic rings. The van der Waals surface area contributed by atoms with Crippen molar-refractivity contribution in [2.45, 2.75) is 39.5 Å². The fourth-order valence-corrected chi connectivity index (χ4v) is 2.34. The fourth-order valence-electron chi connectivity index (χ4n) is 2.17. The summed E-state index contributed by atoms with van der Waals surface area (Å²) in [5.41, 5.74) is 6.40. The lowest BCUT2D eigenvalue weighted by Crippen LogP contribution is -2.24. The minimum atomic E-state index is -0.426. The highest BCUT2D eigenvalue weighted by Gasteiger charge is 2.18. The van der Waals surface area contributed by atoms with Crippen LogP contribution in [0.5, 0.6) is 0 Å². The maximum atomic E-state index is 13.2.